The van der Waals surface area contributed by atoms with Gasteiger partial charge in [0.25, 0.3) is 20.2 Å². The zero-order chi connectivity index (χ0) is 19.2. The molecule has 6 nitrogen and oxygen atoms in total. The summed E-state index contributed by atoms with van der Waals surface area (Å²) in [5.74, 6) is 0. The summed E-state index contributed by atoms with van der Waals surface area (Å²) < 4.78 is 57.9. The molecule has 0 saturated heterocycles. The highest BCUT2D eigenvalue weighted by Gasteiger charge is 2.16. The van der Waals surface area contributed by atoms with E-state index in [9.17, 15) is 16.8 Å². The van der Waals surface area contributed by atoms with Crippen LogP contribution in [0.1, 0.15) is 24.0 Å². The first kappa shape index (κ1) is 20.6. The van der Waals surface area contributed by atoms with Gasteiger partial charge in [0, 0.05) is 0 Å². The van der Waals surface area contributed by atoms with E-state index in [-0.39, 0.29) is 23.0 Å². The molecule has 0 aliphatic heterocycles. The molecule has 8 heteroatoms. The van der Waals surface area contributed by atoms with Gasteiger partial charge in [0.2, 0.25) is 0 Å². The van der Waals surface area contributed by atoms with Crippen LogP contribution in [0.2, 0.25) is 0 Å². The van der Waals surface area contributed by atoms with Crippen LogP contribution in [0.4, 0.5) is 0 Å². The molecular weight excluding hydrogens is 376 g/mol. The summed E-state index contributed by atoms with van der Waals surface area (Å²) in [6, 6.07) is 12.7. The van der Waals surface area contributed by atoms with Crippen LogP contribution in [0.3, 0.4) is 0 Å². The molecule has 0 unspecified atom stereocenters. The molecule has 142 valence electrons. The molecule has 2 aromatic rings. The fourth-order valence-corrected chi connectivity index (χ4v) is 3.97. The number of aryl methyl sites for hydroxylation is 2. The van der Waals surface area contributed by atoms with E-state index in [2.05, 4.69) is 0 Å². The molecule has 0 saturated carbocycles. The van der Waals surface area contributed by atoms with E-state index in [1.165, 1.54) is 24.3 Å². The average Bonchev–Trinajstić information content (AvgIpc) is 2.58. The normalized spacial score (nSPS) is 12.2. The molecule has 0 amide bonds. The monoisotopic (exact) mass is 398 g/mol. The van der Waals surface area contributed by atoms with Gasteiger partial charge in [-0.1, -0.05) is 35.4 Å². The van der Waals surface area contributed by atoms with Crippen molar-refractivity contribution < 1.29 is 25.2 Å². The van der Waals surface area contributed by atoms with E-state index < -0.39 is 20.2 Å². The van der Waals surface area contributed by atoms with E-state index >= 15 is 0 Å². The van der Waals surface area contributed by atoms with Gasteiger partial charge in [-0.15, -0.1) is 0 Å². The van der Waals surface area contributed by atoms with E-state index in [1.807, 2.05) is 13.8 Å². The zero-order valence-electron chi connectivity index (χ0n) is 14.7. The summed E-state index contributed by atoms with van der Waals surface area (Å²) in [6.07, 6.45) is 0.711. The minimum absolute atomic E-state index is 0.0376. The van der Waals surface area contributed by atoms with Crippen molar-refractivity contribution in [3.63, 3.8) is 0 Å². The first-order chi connectivity index (χ1) is 12.2. The molecule has 2 rings (SSSR count). The Morgan fingerprint density at radius 2 is 0.923 bits per heavy atom. The minimum Gasteiger partial charge on any atom is -0.266 e. The van der Waals surface area contributed by atoms with Crippen molar-refractivity contribution >= 4 is 20.2 Å². The summed E-state index contributed by atoms with van der Waals surface area (Å²) in [5, 5.41) is 0. The largest absolute Gasteiger partial charge is 0.296 e. The zero-order valence-corrected chi connectivity index (χ0v) is 16.3. The molecule has 0 aromatic heterocycles. The average molecular weight is 399 g/mol. The van der Waals surface area contributed by atoms with Gasteiger partial charge in [-0.25, -0.2) is 0 Å². The van der Waals surface area contributed by atoms with Crippen LogP contribution in [-0.2, 0) is 28.6 Å². The number of rotatable bonds is 9. The number of benzene rings is 2. The Kier molecular flexibility index (Phi) is 6.94. The highest BCUT2D eigenvalue weighted by molar-refractivity contribution is 7.87. The lowest BCUT2D eigenvalue weighted by Crippen LogP contribution is -2.10. The topological polar surface area (TPSA) is 86.7 Å². The molecule has 0 bridgehead atoms. The smallest absolute Gasteiger partial charge is 0.266 e. The van der Waals surface area contributed by atoms with E-state index in [1.54, 1.807) is 24.3 Å². The third-order valence-electron chi connectivity index (χ3n) is 3.63. The molecule has 0 N–H and O–H groups in total. The van der Waals surface area contributed by atoms with Gasteiger partial charge in [-0.3, -0.25) is 8.37 Å². The van der Waals surface area contributed by atoms with Crippen molar-refractivity contribution in [1.29, 1.82) is 0 Å². The highest BCUT2D eigenvalue weighted by Crippen LogP contribution is 2.15. The maximum absolute atomic E-state index is 12.0. The lowest BCUT2D eigenvalue weighted by Gasteiger charge is -2.07. The predicted molar refractivity (Wildman–Crippen MR) is 97.9 cm³/mol. The van der Waals surface area contributed by atoms with Crippen LogP contribution in [-0.4, -0.2) is 30.0 Å². The summed E-state index contributed by atoms with van der Waals surface area (Å²) in [7, 11) is -7.60. The Balaban J connectivity index is 1.75. The van der Waals surface area contributed by atoms with Crippen LogP contribution >= 0.6 is 0 Å². The second-order valence-electron chi connectivity index (χ2n) is 5.89. The number of unbranched alkanes of at least 4 members (excludes halogenated alkanes) is 1. The highest BCUT2D eigenvalue weighted by atomic mass is 32.2. The van der Waals surface area contributed by atoms with Crippen LogP contribution in [0.5, 0.6) is 0 Å². The Morgan fingerprint density at radius 3 is 1.23 bits per heavy atom. The van der Waals surface area contributed by atoms with Crippen LogP contribution in [0.25, 0.3) is 0 Å². The van der Waals surface area contributed by atoms with Gasteiger partial charge in [0.1, 0.15) is 0 Å². The van der Waals surface area contributed by atoms with Gasteiger partial charge in [0.05, 0.1) is 23.0 Å². The first-order valence-electron chi connectivity index (χ1n) is 8.13. The van der Waals surface area contributed by atoms with Crippen LogP contribution in [0.15, 0.2) is 58.3 Å². The van der Waals surface area contributed by atoms with E-state index in [0.717, 1.165) is 11.1 Å². The van der Waals surface area contributed by atoms with Gasteiger partial charge < -0.3 is 0 Å². The molecule has 0 radical (unpaired) electrons. The molecule has 26 heavy (non-hydrogen) atoms. The molecule has 0 atom stereocenters. The third kappa shape index (κ3) is 5.91. The molecule has 0 fully saturated rings. The van der Waals surface area contributed by atoms with Crippen molar-refractivity contribution in [2.75, 3.05) is 13.2 Å². The van der Waals surface area contributed by atoms with Crippen LogP contribution in [0, 0.1) is 13.8 Å². The first-order valence-corrected chi connectivity index (χ1v) is 10.9. The van der Waals surface area contributed by atoms with Crippen molar-refractivity contribution in [3.8, 4) is 0 Å². The maximum Gasteiger partial charge on any atom is 0.296 e. The van der Waals surface area contributed by atoms with E-state index in [4.69, 9.17) is 8.37 Å². The summed E-state index contributed by atoms with van der Waals surface area (Å²) in [4.78, 5) is 0.197. The van der Waals surface area contributed by atoms with Crippen molar-refractivity contribution in [1.82, 2.24) is 0 Å². The lowest BCUT2D eigenvalue weighted by molar-refractivity contribution is 0.270. The minimum atomic E-state index is -3.80. The van der Waals surface area contributed by atoms with Gasteiger partial charge in [-0.2, -0.15) is 16.8 Å². The molecule has 0 aliphatic rings. The second-order valence-corrected chi connectivity index (χ2v) is 9.12. The number of hydrogen-bond acceptors (Lipinski definition) is 6. The molecular formula is C18H22O6S2. The Labute approximate surface area is 155 Å². The lowest BCUT2D eigenvalue weighted by atomic mass is 10.2. The second kappa shape index (κ2) is 8.77. The van der Waals surface area contributed by atoms with Gasteiger partial charge in [-0.05, 0) is 51.0 Å². The SMILES string of the molecule is Cc1ccc(S(=O)(=O)OCCCCOS(=O)(=O)c2ccc(C)cc2)cc1. The molecule has 2 aromatic carbocycles. The molecule has 0 heterocycles. The van der Waals surface area contributed by atoms with Crippen molar-refractivity contribution in [2.45, 2.75) is 36.5 Å². The Bertz CT molecular complexity index is 835. The molecule has 0 spiro atoms. The number of hydrogen-bond donors (Lipinski definition) is 0. The third-order valence-corrected chi connectivity index (χ3v) is 6.29. The maximum atomic E-state index is 12.0. The van der Waals surface area contributed by atoms with Crippen molar-refractivity contribution in [2.24, 2.45) is 0 Å². The van der Waals surface area contributed by atoms with Gasteiger partial charge in [0.15, 0.2) is 0 Å². The van der Waals surface area contributed by atoms with E-state index in [0.29, 0.717) is 12.8 Å². The quantitative estimate of drug-likeness (QED) is 0.476. The summed E-state index contributed by atoms with van der Waals surface area (Å²) >= 11 is 0. The van der Waals surface area contributed by atoms with Crippen molar-refractivity contribution in [3.05, 3.63) is 59.7 Å². The summed E-state index contributed by atoms with van der Waals surface area (Å²) in [6.45, 7) is 3.65. The Hall–Kier alpha value is -1.74. The Morgan fingerprint density at radius 1 is 0.615 bits per heavy atom. The fourth-order valence-electron chi connectivity index (χ4n) is 2.09. The standard InChI is InChI=1S/C18H22O6S2/c1-15-5-9-17(10-6-15)25(19,20)23-13-3-4-14-24-26(21,22)18-11-7-16(2)8-12-18/h5-12H,3-4,13-14H2,1-2H3. The molecule has 0 aliphatic carbocycles. The summed E-state index contributed by atoms with van der Waals surface area (Å²) in [5.41, 5.74) is 1.91. The predicted octanol–water partition coefficient (Wildman–Crippen LogP) is 3.19. The van der Waals surface area contributed by atoms with Gasteiger partial charge >= 0.3 is 0 Å². The van der Waals surface area contributed by atoms with Crippen LogP contribution < -0.4 is 0 Å². The fraction of sp³-hybridized carbons (Fsp3) is 0.333.